The van der Waals surface area contributed by atoms with Gasteiger partial charge in [-0.1, -0.05) is 33.1 Å². The summed E-state index contributed by atoms with van der Waals surface area (Å²) in [5.41, 5.74) is 0. The standard InChI is InChI=1S/C8H18O.Cs.H/c1-3-5-6-8(4-2)7-9;;/h8-9H,3-7H2,1-2H3;;. The molecule has 0 aromatic heterocycles. The van der Waals surface area contributed by atoms with Crippen molar-refractivity contribution in [3.63, 3.8) is 0 Å². The molecule has 0 heterocycles. The molecule has 0 aliphatic heterocycles. The van der Waals surface area contributed by atoms with Gasteiger partial charge < -0.3 is 5.11 Å². The monoisotopic (exact) mass is 264 g/mol. The number of aliphatic hydroxyl groups excluding tert-OH is 1. The second-order valence-electron chi connectivity index (χ2n) is 2.60. The fraction of sp³-hybridized carbons (Fsp3) is 1.00. The molecule has 0 radical (unpaired) electrons. The van der Waals surface area contributed by atoms with Crippen LogP contribution in [-0.4, -0.2) is 80.6 Å². The Bertz CT molecular complexity index is 53.2. The van der Waals surface area contributed by atoms with Crippen LogP contribution in [0.2, 0.25) is 0 Å². The average molecular weight is 264 g/mol. The van der Waals surface area contributed by atoms with Crippen LogP contribution in [0, 0.1) is 5.92 Å². The summed E-state index contributed by atoms with van der Waals surface area (Å²) >= 11 is 0. The summed E-state index contributed by atoms with van der Waals surface area (Å²) in [6.07, 6.45) is 4.83. The molecule has 0 amide bonds. The van der Waals surface area contributed by atoms with Crippen LogP contribution in [0.1, 0.15) is 39.5 Å². The third kappa shape index (κ3) is 8.11. The Balaban J connectivity index is 0. The summed E-state index contributed by atoms with van der Waals surface area (Å²) in [5, 5.41) is 8.75. The Morgan fingerprint density at radius 1 is 1.30 bits per heavy atom. The SMILES string of the molecule is CCCCC(CC)CO.[CsH]. The summed E-state index contributed by atoms with van der Waals surface area (Å²) < 4.78 is 0. The molecule has 0 saturated heterocycles. The van der Waals surface area contributed by atoms with Crippen molar-refractivity contribution in [1.29, 1.82) is 0 Å². The molecule has 0 aliphatic rings. The van der Waals surface area contributed by atoms with Crippen LogP contribution in [-0.2, 0) is 0 Å². The van der Waals surface area contributed by atoms with Gasteiger partial charge in [-0.15, -0.1) is 0 Å². The molecule has 0 aromatic carbocycles. The molecule has 0 aliphatic carbocycles. The third-order valence-electron chi connectivity index (χ3n) is 1.80. The number of unbranched alkanes of at least 4 members (excludes halogenated alkanes) is 1. The van der Waals surface area contributed by atoms with Crippen LogP contribution in [0.4, 0.5) is 0 Å². The summed E-state index contributed by atoms with van der Waals surface area (Å²) in [7, 11) is 0. The fourth-order valence-electron chi connectivity index (χ4n) is 0.917. The normalized spacial score (nSPS) is 12.3. The molecular formula is C8H19CsO. The molecule has 1 N–H and O–H groups in total. The van der Waals surface area contributed by atoms with Gasteiger partial charge in [-0.25, -0.2) is 0 Å². The van der Waals surface area contributed by atoms with Crippen molar-refractivity contribution in [2.45, 2.75) is 39.5 Å². The number of hydrogen-bond acceptors (Lipinski definition) is 1. The molecule has 1 unspecified atom stereocenters. The van der Waals surface area contributed by atoms with E-state index in [9.17, 15) is 0 Å². The zero-order valence-corrected chi connectivity index (χ0v) is 6.56. The number of hydrogen-bond donors (Lipinski definition) is 1. The van der Waals surface area contributed by atoms with E-state index in [2.05, 4.69) is 13.8 Å². The van der Waals surface area contributed by atoms with Gasteiger partial charge in [0.05, 0.1) is 0 Å². The Labute approximate surface area is 123 Å². The second-order valence-corrected chi connectivity index (χ2v) is 2.60. The maximum absolute atomic E-state index is 8.75. The zero-order chi connectivity index (χ0) is 7.11. The summed E-state index contributed by atoms with van der Waals surface area (Å²) in [6.45, 7) is 4.69. The van der Waals surface area contributed by atoms with Crippen LogP contribution in [0.5, 0.6) is 0 Å². The van der Waals surface area contributed by atoms with E-state index in [-0.39, 0.29) is 68.9 Å². The van der Waals surface area contributed by atoms with Gasteiger partial charge in [0.2, 0.25) is 0 Å². The van der Waals surface area contributed by atoms with Gasteiger partial charge in [-0.3, -0.25) is 0 Å². The average Bonchev–Trinajstić information content (AvgIpc) is 1.91. The van der Waals surface area contributed by atoms with Gasteiger partial charge in [0.15, 0.2) is 0 Å². The Morgan fingerprint density at radius 2 is 1.90 bits per heavy atom. The number of aliphatic hydroxyl groups is 1. The minimum absolute atomic E-state index is 0. The van der Waals surface area contributed by atoms with Crippen molar-refractivity contribution in [2.24, 2.45) is 5.92 Å². The van der Waals surface area contributed by atoms with E-state index in [0.29, 0.717) is 12.5 Å². The van der Waals surface area contributed by atoms with Crippen molar-refractivity contribution in [1.82, 2.24) is 0 Å². The molecule has 10 heavy (non-hydrogen) atoms. The quantitative estimate of drug-likeness (QED) is 0.798. The number of rotatable bonds is 5. The first-order chi connectivity index (χ1) is 4.35. The topological polar surface area (TPSA) is 20.2 Å². The predicted octanol–water partition coefficient (Wildman–Crippen LogP) is 1.55. The minimum atomic E-state index is 0. The maximum atomic E-state index is 8.75. The van der Waals surface area contributed by atoms with Gasteiger partial charge in [0.25, 0.3) is 0 Å². The molecule has 0 saturated carbocycles. The van der Waals surface area contributed by atoms with E-state index in [0.717, 1.165) is 6.42 Å². The van der Waals surface area contributed by atoms with E-state index >= 15 is 0 Å². The van der Waals surface area contributed by atoms with Gasteiger partial charge >= 0.3 is 68.9 Å². The molecule has 2 heteroatoms. The molecule has 0 bridgehead atoms. The van der Waals surface area contributed by atoms with E-state index < -0.39 is 0 Å². The molecule has 58 valence electrons. The van der Waals surface area contributed by atoms with E-state index in [1.807, 2.05) is 0 Å². The van der Waals surface area contributed by atoms with E-state index in [1.54, 1.807) is 0 Å². The summed E-state index contributed by atoms with van der Waals surface area (Å²) in [6, 6.07) is 0. The van der Waals surface area contributed by atoms with Gasteiger partial charge in [0.1, 0.15) is 0 Å². The molecule has 0 spiro atoms. The van der Waals surface area contributed by atoms with Crippen LogP contribution in [0.15, 0.2) is 0 Å². The molecule has 0 fully saturated rings. The van der Waals surface area contributed by atoms with E-state index in [4.69, 9.17) is 5.11 Å². The molecule has 0 rings (SSSR count). The van der Waals surface area contributed by atoms with Crippen molar-refractivity contribution in [3.05, 3.63) is 0 Å². The van der Waals surface area contributed by atoms with E-state index in [1.165, 1.54) is 19.3 Å². The Kier molecular flexibility index (Phi) is 16.0. The van der Waals surface area contributed by atoms with Crippen LogP contribution in [0.25, 0.3) is 0 Å². The first-order valence-electron chi connectivity index (χ1n) is 3.96. The summed E-state index contributed by atoms with van der Waals surface area (Å²) in [4.78, 5) is 0. The predicted molar refractivity (Wildman–Crippen MR) is 47.5 cm³/mol. The molecular weight excluding hydrogens is 245 g/mol. The summed E-state index contributed by atoms with van der Waals surface area (Å²) in [5.74, 6) is 0.560. The zero-order valence-electron chi connectivity index (χ0n) is 6.56. The fourth-order valence-corrected chi connectivity index (χ4v) is 0.917. The van der Waals surface area contributed by atoms with Gasteiger partial charge in [-0.05, 0) is 12.3 Å². The molecule has 1 atom stereocenters. The van der Waals surface area contributed by atoms with Crippen LogP contribution < -0.4 is 0 Å². The van der Waals surface area contributed by atoms with Crippen molar-refractivity contribution >= 4 is 68.9 Å². The first kappa shape index (κ1) is 14.5. The van der Waals surface area contributed by atoms with Crippen LogP contribution in [0.3, 0.4) is 0 Å². The van der Waals surface area contributed by atoms with Crippen molar-refractivity contribution in [3.8, 4) is 0 Å². The van der Waals surface area contributed by atoms with Gasteiger partial charge in [0, 0.05) is 6.61 Å². The van der Waals surface area contributed by atoms with Crippen molar-refractivity contribution < 1.29 is 5.11 Å². The molecule has 0 aromatic rings. The first-order valence-corrected chi connectivity index (χ1v) is 3.96. The Morgan fingerprint density at radius 3 is 2.20 bits per heavy atom. The third-order valence-corrected chi connectivity index (χ3v) is 1.80. The van der Waals surface area contributed by atoms with Crippen molar-refractivity contribution in [2.75, 3.05) is 6.61 Å². The second kappa shape index (κ2) is 11.0. The Hall–Kier alpha value is 2.01. The van der Waals surface area contributed by atoms with Gasteiger partial charge in [-0.2, -0.15) is 0 Å². The van der Waals surface area contributed by atoms with Crippen LogP contribution >= 0.6 is 0 Å². The molecule has 1 nitrogen and oxygen atoms in total.